The van der Waals surface area contributed by atoms with Crippen LogP contribution >= 0.6 is 11.8 Å². The molecule has 8 heteroatoms. The third-order valence-electron chi connectivity index (χ3n) is 8.01. The molecule has 1 saturated carbocycles. The van der Waals surface area contributed by atoms with Gasteiger partial charge >= 0.3 is 0 Å². The summed E-state index contributed by atoms with van der Waals surface area (Å²) in [7, 11) is 1.62. The van der Waals surface area contributed by atoms with E-state index in [0.717, 1.165) is 52.7 Å². The van der Waals surface area contributed by atoms with E-state index in [2.05, 4.69) is 21.6 Å². The van der Waals surface area contributed by atoms with Crippen LogP contribution < -0.4 is 10.2 Å². The first-order valence-electron chi connectivity index (χ1n) is 12.9. The summed E-state index contributed by atoms with van der Waals surface area (Å²) in [5.74, 6) is 1.52. The Kier molecular flexibility index (Phi) is 8.92. The minimum Gasteiger partial charge on any atom is -0.497 e. The van der Waals surface area contributed by atoms with Crippen LogP contribution in [0.1, 0.15) is 68.6 Å². The Balaban J connectivity index is 1.40. The van der Waals surface area contributed by atoms with Crippen LogP contribution in [0.5, 0.6) is 5.75 Å². The van der Waals surface area contributed by atoms with Crippen molar-refractivity contribution in [3.05, 3.63) is 35.5 Å². The van der Waals surface area contributed by atoms with Crippen molar-refractivity contribution in [2.45, 2.75) is 69.6 Å². The lowest BCUT2D eigenvalue weighted by Crippen LogP contribution is -2.48. The maximum Gasteiger partial charge on any atom is 0.249 e. The van der Waals surface area contributed by atoms with E-state index >= 15 is 0 Å². The van der Waals surface area contributed by atoms with E-state index in [1.54, 1.807) is 13.3 Å². The lowest BCUT2D eigenvalue weighted by Gasteiger charge is -2.40. The molecule has 2 fully saturated rings. The number of aryl methyl sites for hydroxylation is 1. The number of amides is 1. The summed E-state index contributed by atoms with van der Waals surface area (Å²) in [6.45, 7) is 4.67. The van der Waals surface area contributed by atoms with Gasteiger partial charge in [-0.25, -0.2) is 5.48 Å². The quantitative estimate of drug-likeness (QED) is 0.323. The van der Waals surface area contributed by atoms with Crippen LogP contribution in [0.25, 0.3) is 10.9 Å². The van der Waals surface area contributed by atoms with E-state index in [9.17, 15) is 15.1 Å². The monoisotopic (exact) mass is 501 g/mol. The van der Waals surface area contributed by atoms with E-state index in [0.29, 0.717) is 31.4 Å². The highest BCUT2D eigenvalue weighted by atomic mass is 32.2. The molecule has 1 amide bonds. The third kappa shape index (κ3) is 6.10. The molecule has 1 aromatic heterocycles. The molecule has 0 radical (unpaired) electrons. The molecule has 192 valence electrons. The molecule has 1 aliphatic heterocycles. The first-order chi connectivity index (χ1) is 17.0. The number of carbonyl (C=O) groups is 1. The van der Waals surface area contributed by atoms with Crippen molar-refractivity contribution >= 4 is 28.6 Å². The van der Waals surface area contributed by atoms with Crippen molar-refractivity contribution < 1.29 is 19.8 Å². The van der Waals surface area contributed by atoms with Crippen LogP contribution in [0, 0.1) is 12.3 Å². The number of aromatic nitrogens is 1. The van der Waals surface area contributed by atoms with Gasteiger partial charge in [0.2, 0.25) is 5.91 Å². The predicted octanol–water partition coefficient (Wildman–Crippen LogP) is 4.63. The molecule has 0 spiro atoms. The van der Waals surface area contributed by atoms with Crippen LogP contribution in [-0.2, 0) is 4.79 Å². The number of thioether (sulfide) groups is 1. The number of aliphatic hydroxyl groups is 1. The van der Waals surface area contributed by atoms with Crippen molar-refractivity contribution in [3.63, 3.8) is 0 Å². The highest BCUT2D eigenvalue weighted by Crippen LogP contribution is 2.40. The van der Waals surface area contributed by atoms with Gasteiger partial charge in [-0.05, 0) is 87.9 Å². The Morgan fingerprint density at radius 2 is 2.06 bits per heavy atom. The molecule has 3 N–H and O–H groups in total. The zero-order valence-electron chi connectivity index (χ0n) is 21.0. The fraction of sp³-hybridized carbons (Fsp3) is 0.630. The summed E-state index contributed by atoms with van der Waals surface area (Å²) in [5.41, 5.74) is 3.80. The van der Waals surface area contributed by atoms with Gasteiger partial charge in [0, 0.05) is 29.1 Å². The number of hydrogen-bond acceptors (Lipinski definition) is 7. The SMILES string of the molecule is COc1ccc2ncc(C)c([C@H](O)CCC3(C(=O)NO)CCN(CCSC4CCCC4)CC3)c2c1. The number of benzene rings is 1. The predicted molar refractivity (Wildman–Crippen MR) is 140 cm³/mol. The second-order valence-electron chi connectivity index (χ2n) is 10.1. The van der Waals surface area contributed by atoms with Gasteiger partial charge in [0.15, 0.2) is 0 Å². The van der Waals surface area contributed by atoms with Crippen molar-refractivity contribution in [1.29, 1.82) is 0 Å². The van der Waals surface area contributed by atoms with Crippen LogP contribution in [-0.4, -0.2) is 63.9 Å². The Morgan fingerprint density at radius 3 is 2.74 bits per heavy atom. The smallest absolute Gasteiger partial charge is 0.249 e. The molecule has 0 unspecified atom stereocenters. The molecule has 1 saturated heterocycles. The molecular formula is C27H39N3O4S. The molecule has 35 heavy (non-hydrogen) atoms. The molecule has 2 aliphatic rings. The van der Waals surface area contributed by atoms with Crippen LogP contribution in [0.4, 0.5) is 0 Å². The Morgan fingerprint density at radius 1 is 1.31 bits per heavy atom. The fourth-order valence-corrected chi connectivity index (χ4v) is 7.10. The third-order valence-corrected chi connectivity index (χ3v) is 9.37. The van der Waals surface area contributed by atoms with Crippen molar-refractivity contribution in [2.75, 3.05) is 32.5 Å². The number of nitrogens with one attached hydrogen (secondary N) is 1. The Labute approximate surface area is 212 Å². The Bertz CT molecular complexity index is 1000. The fourth-order valence-electron chi connectivity index (χ4n) is 5.74. The van der Waals surface area contributed by atoms with E-state index in [4.69, 9.17) is 4.74 Å². The Hall–Kier alpha value is -1.87. The highest BCUT2D eigenvalue weighted by Gasteiger charge is 2.41. The number of ether oxygens (including phenoxy) is 1. The molecule has 4 rings (SSSR count). The standard InChI is InChI=1S/C27H39N3O4S/c1-19-18-28-23-8-7-20(34-2)17-22(23)25(19)24(31)9-10-27(26(32)29-33)11-13-30(14-12-27)15-16-35-21-5-3-4-6-21/h7-8,17-18,21,24,31,33H,3-6,9-16H2,1-2H3,(H,29,32)/t24-/m1/s1. The van der Waals surface area contributed by atoms with Gasteiger partial charge in [-0.2, -0.15) is 11.8 Å². The molecule has 0 bridgehead atoms. The number of piperidine rings is 1. The number of methoxy groups -OCH3 is 1. The topological polar surface area (TPSA) is 94.9 Å². The van der Waals surface area contributed by atoms with Crippen LogP contribution in [0.2, 0.25) is 0 Å². The summed E-state index contributed by atoms with van der Waals surface area (Å²) in [6.07, 6.45) is 8.80. The maximum atomic E-state index is 12.8. The lowest BCUT2D eigenvalue weighted by atomic mass is 9.73. The number of rotatable bonds is 10. The van der Waals surface area contributed by atoms with Gasteiger partial charge in [-0.15, -0.1) is 0 Å². The van der Waals surface area contributed by atoms with E-state index in [-0.39, 0.29) is 5.91 Å². The molecule has 7 nitrogen and oxygen atoms in total. The number of fused-ring (bicyclic) bond motifs is 1. The number of hydroxylamine groups is 1. The summed E-state index contributed by atoms with van der Waals surface area (Å²) < 4.78 is 5.38. The van der Waals surface area contributed by atoms with Gasteiger partial charge in [0.1, 0.15) is 5.75 Å². The van der Waals surface area contributed by atoms with Gasteiger partial charge < -0.3 is 14.7 Å². The summed E-state index contributed by atoms with van der Waals surface area (Å²) in [4.78, 5) is 19.7. The molecule has 1 aliphatic carbocycles. The lowest BCUT2D eigenvalue weighted by molar-refractivity contribution is -0.143. The number of nitrogens with zero attached hydrogens (tertiary/aromatic N) is 2. The van der Waals surface area contributed by atoms with E-state index in [1.165, 1.54) is 25.7 Å². The molecule has 1 aromatic carbocycles. The first-order valence-corrected chi connectivity index (χ1v) is 13.9. The van der Waals surface area contributed by atoms with Crippen LogP contribution in [0.15, 0.2) is 24.4 Å². The second-order valence-corrected chi connectivity index (χ2v) is 11.5. The first kappa shape index (κ1) is 26.2. The number of hydrogen-bond donors (Lipinski definition) is 3. The van der Waals surface area contributed by atoms with Crippen molar-refractivity contribution in [3.8, 4) is 5.75 Å². The highest BCUT2D eigenvalue weighted by molar-refractivity contribution is 7.99. The average Bonchev–Trinajstić information content (AvgIpc) is 3.40. The minimum absolute atomic E-state index is 0.331. The van der Waals surface area contributed by atoms with Gasteiger partial charge in [0.05, 0.1) is 24.1 Å². The normalized spacial score (nSPS) is 19.7. The zero-order valence-corrected chi connectivity index (χ0v) is 21.8. The van der Waals surface area contributed by atoms with Gasteiger partial charge in [-0.1, -0.05) is 12.8 Å². The molecular weight excluding hydrogens is 462 g/mol. The number of pyridine rings is 1. The largest absolute Gasteiger partial charge is 0.497 e. The number of likely N-dealkylation sites (tertiary alicyclic amines) is 1. The van der Waals surface area contributed by atoms with Gasteiger partial charge in [0.25, 0.3) is 0 Å². The average molecular weight is 502 g/mol. The number of carbonyl (C=O) groups excluding carboxylic acids is 1. The van der Waals surface area contributed by atoms with E-state index in [1.807, 2.05) is 30.6 Å². The summed E-state index contributed by atoms with van der Waals surface area (Å²) in [5, 5.41) is 22.5. The number of aliphatic hydroxyl groups excluding tert-OH is 1. The maximum absolute atomic E-state index is 12.8. The minimum atomic E-state index is -0.739. The summed E-state index contributed by atoms with van der Waals surface area (Å²) in [6, 6.07) is 5.67. The second kappa shape index (κ2) is 11.9. The van der Waals surface area contributed by atoms with E-state index < -0.39 is 11.5 Å². The van der Waals surface area contributed by atoms with Gasteiger partial charge in [-0.3, -0.25) is 15.0 Å². The van der Waals surface area contributed by atoms with Crippen molar-refractivity contribution in [2.24, 2.45) is 5.41 Å². The van der Waals surface area contributed by atoms with Crippen LogP contribution in [0.3, 0.4) is 0 Å². The summed E-state index contributed by atoms with van der Waals surface area (Å²) >= 11 is 2.10. The molecule has 2 aromatic rings. The molecule has 1 atom stereocenters. The molecule has 2 heterocycles. The van der Waals surface area contributed by atoms with Crippen molar-refractivity contribution in [1.82, 2.24) is 15.4 Å². The zero-order chi connectivity index (χ0) is 24.8.